The van der Waals surface area contributed by atoms with Crippen LogP contribution in [0.3, 0.4) is 0 Å². The zero-order chi connectivity index (χ0) is 20.4. The maximum Gasteiger partial charge on any atom is 0.515 e. The van der Waals surface area contributed by atoms with Gasteiger partial charge in [-0.3, -0.25) is 0 Å². The Morgan fingerprint density at radius 2 is 1.83 bits per heavy atom. The van der Waals surface area contributed by atoms with Crippen molar-refractivity contribution in [2.75, 3.05) is 6.61 Å². The molecular weight excluding hydrogens is 388 g/mol. The van der Waals surface area contributed by atoms with Gasteiger partial charge in [-0.05, 0) is 43.0 Å². The fourth-order valence-corrected chi connectivity index (χ4v) is 3.90. The summed E-state index contributed by atoms with van der Waals surface area (Å²) < 4.78 is 10.3. The van der Waals surface area contributed by atoms with E-state index >= 15 is 0 Å². The predicted molar refractivity (Wildman–Crippen MR) is 115 cm³/mol. The first-order valence-corrected chi connectivity index (χ1v) is 9.99. The summed E-state index contributed by atoms with van der Waals surface area (Å²) >= 11 is 6.40. The lowest BCUT2D eigenvalue weighted by molar-refractivity contribution is 0.102. The van der Waals surface area contributed by atoms with Crippen LogP contribution >= 0.6 is 11.6 Å². The van der Waals surface area contributed by atoms with Gasteiger partial charge in [0, 0.05) is 26.9 Å². The number of aromatic nitrogens is 2. The molecule has 0 bridgehead atoms. The Balaban J connectivity index is 1.90. The minimum Gasteiger partial charge on any atom is -0.434 e. The molecule has 29 heavy (non-hydrogen) atoms. The van der Waals surface area contributed by atoms with Crippen LogP contribution in [0, 0.1) is 0 Å². The second-order valence-corrected chi connectivity index (χ2v) is 7.11. The van der Waals surface area contributed by atoms with Crippen molar-refractivity contribution in [1.82, 2.24) is 9.97 Å². The van der Waals surface area contributed by atoms with Gasteiger partial charge in [0.2, 0.25) is 5.88 Å². The SMILES string of the molecule is CCOC(=O)Oc1ncc2[nH]c3cccc(Cc4ccccc4Cl)c3c2c1CC. The largest absolute Gasteiger partial charge is 0.515 e. The van der Waals surface area contributed by atoms with Gasteiger partial charge in [0.25, 0.3) is 0 Å². The Morgan fingerprint density at radius 1 is 1.03 bits per heavy atom. The van der Waals surface area contributed by atoms with E-state index in [0.717, 1.165) is 43.5 Å². The number of aryl methyl sites for hydroxylation is 1. The number of nitrogens with zero attached hydrogens (tertiary/aromatic N) is 1. The highest BCUT2D eigenvalue weighted by molar-refractivity contribution is 6.31. The average Bonchev–Trinajstić information content (AvgIpc) is 3.09. The first-order chi connectivity index (χ1) is 14.1. The van der Waals surface area contributed by atoms with E-state index < -0.39 is 6.16 Å². The van der Waals surface area contributed by atoms with E-state index in [1.807, 2.05) is 43.3 Å². The van der Waals surface area contributed by atoms with Crippen LogP contribution in [0.2, 0.25) is 5.02 Å². The molecule has 0 amide bonds. The highest BCUT2D eigenvalue weighted by atomic mass is 35.5. The van der Waals surface area contributed by atoms with E-state index in [2.05, 4.69) is 16.0 Å². The summed E-state index contributed by atoms with van der Waals surface area (Å²) in [5.41, 5.74) is 4.98. The Bertz CT molecular complexity index is 1200. The van der Waals surface area contributed by atoms with Crippen LogP contribution in [0.15, 0.2) is 48.7 Å². The summed E-state index contributed by atoms with van der Waals surface area (Å²) in [6.45, 7) is 4.00. The molecule has 148 valence electrons. The molecule has 0 atom stereocenters. The van der Waals surface area contributed by atoms with Crippen molar-refractivity contribution < 1.29 is 14.3 Å². The van der Waals surface area contributed by atoms with Crippen LogP contribution < -0.4 is 4.74 Å². The predicted octanol–water partition coefficient (Wildman–Crippen LogP) is 6.06. The second-order valence-electron chi connectivity index (χ2n) is 6.70. The third-order valence-electron chi connectivity index (χ3n) is 4.94. The number of aromatic amines is 1. The van der Waals surface area contributed by atoms with Crippen molar-refractivity contribution in [2.45, 2.75) is 26.7 Å². The zero-order valence-corrected chi connectivity index (χ0v) is 17.0. The maximum atomic E-state index is 11.9. The number of hydrogen-bond acceptors (Lipinski definition) is 4. The van der Waals surface area contributed by atoms with Crippen LogP contribution in [0.1, 0.15) is 30.5 Å². The van der Waals surface area contributed by atoms with Crippen molar-refractivity contribution >= 4 is 39.6 Å². The average molecular weight is 409 g/mol. The summed E-state index contributed by atoms with van der Waals surface area (Å²) in [7, 11) is 0. The minimum absolute atomic E-state index is 0.248. The molecule has 1 N–H and O–H groups in total. The minimum atomic E-state index is -0.745. The quantitative estimate of drug-likeness (QED) is 0.408. The summed E-state index contributed by atoms with van der Waals surface area (Å²) in [6, 6.07) is 14.0. The molecule has 0 aliphatic carbocycles. The topological polar surface area (TPSA) is 64.2 Å². The van der Waals surface area contributed by atoms with Crippen LogP contribution in [0.5, 0.6) is 5.88 Å². The standard InChI is InChI=1S/C23H21ClN2O3/c1-3-16-21-19(13-25-22(16)29-23(27)28-4-2)26-18-11-7-9-15(20(18)21)12-14-8-5-6-10-17(14)24/h5-11,13,26H,3-4,12H2,1-2H3. The molecule has 0 spiro atoms. The number of H-pyrrole nitrogens is 1. The molecular formula is C23H21ClN2O3. The molecule has 5 nitrogen and oxygen atoms in total. The summed E-state index contributed by atoms with van der Waals surface area (Å²) in [4.78, 5) is 19.6. The van der Waals surface area contributed by atoms with Crippen molar-refractivity contribution in [3.05, 3.63) is 70.4 Å². The number of pyridine rings is 1. The normalized spacial score (nSPS) is 11.1. The summed E-state index contributed by atoms with van der Waals surface area (Å²) in [5.74, 6) is 0.284. The third-order valence-corrected chi connectivity index (χ3v) is 5.31. The van der Waals surface area contributed by atoms with Gasteiger partial charge in [0.1, 0.15) is 0 Å². The fourth-order valence-electron chi connectivity index (χ4n) is 3.70. The van der Waals surface area contributed by atoms with E-state index in [4.69, 9.17) is 21.1 Å². The molecule has 0 aliphatic heterocycles. The van der Waals surface area contributed by atoms with E-state index in [1.165, 1.54) is 0 Å². The first-order valence-electron chi connectivity index (χ1n) is 9.61. The van der Waals surface area contributed by atoms with Crippen molar-refractivity contribution in [1.29, 1.82) is 0 Å². The van der Waals surface area contributed by atoms with E-state index in [9.17, 15) is 4.79 Å². The molecule has 2 heterocycles. The van der Waals surface area contributed by atoms with E-state index in [-0.39, 0.29) is 12.5 Å². The highest BCUT2D eigenvalue weighted by Gasteiger charge is 2.19. The lowest BCUT2D eigenvalue weighted by atomic mass is 9.97. The van der Waals surface area contributed by atoms with E-state index in [0.29, 0.717) is 12.8 Å². The molecule has 0 fully saturated rings. The lowest BCUT2D eigenvalue weighted by Gasteiger charge is -2.11. The maximum absolute atomic E-state index is 11.9. The summed E-state index contributed by atoms with van der Waals surface area (Å²) in [6.07, 6.45) is 2.31. The van der Waals surface area contributed by atoms with Crippen LogP contribution in [0.25, 0.3) is 21.8 Å². The van der Waals surface area contributed by atoms with E-state index in [1.54, 1.807) is 13.1 Å². The molecule has 4 aromatic rings. The van der Waals surface area contributed by atoms with Crippen LogP contribution in [-0.2, 0) is 17.6 Å². The molecule has 2 aromatic carbocycles. The highest BCUT2D eigenvalue weighted by Crippen LogP contribution is 2.36. The van der Waals surface area contributed by atoms with Crippen molar-refractivity contribution in [3.8, 4) is 5.88 Å². The van der Waals surface area contributed by atoms with Crippen molar-refractivity contribution in [3.63, 3.8) is 0 Å². The Hall–Kier alpha value is -3.05. The summed E-state index contributed by atoms with van der Waals surface area (Å²) in [5, 5.41) is 2.85. The van der Waals surface area contributed by atoms with Crippen LogP contribution in [0.4, 0.5) is 4.79 Å². The number of ether oxygens (including phenoxy) is 2. The first kappa shape index (κ1) is 19.3. The van der Waals surface area contributed by atoms with Gasteiger partial charge < -0.3 is 14.5 Å². The van der Waals surface area contributed by atoms with Gasteiger partial charge >= 0.3 is 6.16 Å². The molecule has 2 aromatic heterocycles. The van der Waals surface area contributed by atoms with Gasteiger partial charge in [-0.15, -0.1) is 0 Å². The van der Waals surface area contributed by atoms with Crippen LogP contribution in [-0.4, -0.2) is 22.7 Å². The number of carbonyl (C=O) groups is 1. The van der Waals surface area contributed by atoms with Gasteiger partial charge in [-0.25, -0.2) is 9.78 Å². The zero-order valence-electron chi connectivity index (χ0n) is 16.3. The van der Waals surface area contributed by atoms with Gasteiger partial charge in [0.05, 0.1) is 18.3 Å². The number of nitrogens with one attached hydrogen (secondary N) is 1. The molecule has 0 radical (unpaired) electrons. The lowest BCUT2D eigenvalue weighted by Crippen LogP contribution is -2.12. The smallest absolute Gasteiger partial charge is 0.434 e. The molecule has 6 heteroatoms. The number of fused-ring (bicyclic) bond motifs is 3. The monoisotopic (exact) mass is 408 g/mol. The molecule has 0 saturated carbocycles. The Labute approximate surface area is 173 Å². The fraction of sp³-hybridized carbons (Fsp3) is 0.217. The van der Waals surface area contributed by atoms with Gasteiger partial charge in [0.15, 0.2) is 0 Å². The number of halogens is 1. The molecule has 0 unspecified atom stereocenters. The van der Waals surface area contributed by atoms with Gasteiger partial charge in [-0.1, -0.05) is 48.9 Å². The number of benzene rings is 2. The number of hydrogen-bond donors (Lipinski definition) is 1. The molecule has 0 saturated heterocycles. The molecule has 4 rings (SSSR count). The van der Waals surface area contributed by atoms with Crippen molar-refractivity contribution in [2.24, 2.45) is 0 Å². The van der Waals surface area contributed by atoms with Gasteiger partial charge in [-0.2, -0.15) is 0 Å². The Kier molecular flexibility index (Phi) is 5.41. The number of rotatable bonds is 5. The second kappa shape index (κ2) is 8.13. The molecule has 0 aliphatic rings. The third kappa shape index (κ3) is 3.66. The Morgan fingerprint density at radius 3 is 2.59 bits per heavy atom. The number of carbonyl (C=O) groups excluding carboxylic acids is 1.